The van der Waals surface area contributed by atoms with Crippen LogP contribution in [0, 0.1) is 0 Å². The molecule has 0 saturated heterocycles. The number of hydrogen-bond acceptors (Lipinski definition) is 15. The fourth-order valence-corrected chi connectivity index (χ4v) is 8.49. The SMILES string of the molecule is NCCCC[C@H](N)C(=O)NCCCCCC(=O)NCCCCCCCCCCCC(=O)N[C@@H](CCCN=C(N)N)C(=O)NCCCCCC(=O)NCCCCCCCCCCCC(=O)N[C@@H](CCCN=C(N)N)C(=O)O.O=C(O)C(F)(F)F.O=C(O)C(F)(F)F.O=C(O)C(F)(F)F.O=C(O)C(F)(F)F. The van der Waals surface area contributed by atoms with Crippen LogP contribution in [-0.2, 0) is 52.7 Å². The lowest BCUT2D eigenvalue weighted by Crippen LogP contribution is -2.47. The summed E-state index contributed by atoms with van der Waals surface area (Å²) in [6.45, 7) is 3.65. The highest BCUT2D eigenvalue weighted by Gasteiger charge is 2.40. The molecule has 0 aromatic carbocycles. The molecule has 6 amide bonds. The van der Waals surface area contributed by atoms with E-state index < -0.39 is 72.7 Å². The summed E-state index contributed by atoms with van der Waals surface area (Å²) in [5.41, 5.74) is 32.9. The minimum Gasteiger partial charge on any atom is -0.480 e. The number of aliphatic imine (C=N–C) groups is 2. The van der Waals surface area contributed by atoms with Gasteiger partial charge in [-0.05, 0) is 96.4 Å². The van der Waals surface area contributed by atoms with Crippen molar-refractivity contribution in [3.8, 4) is 0 Å². The van der Waals surface area contributed by atoms with E-state index in [4.69, 9.17) is 74.0 Å². The number of amides is 6. The van der Waals surface area contributed by atoms with Crippen LogP contribution < -0.4 is 66.3 Å². The van der Waals surface area contributed by atoms with Crippen molar-refractivity contribution in [1.82, 2.24) is 31.9 Å². The number of aliphatic carboxylic acids is 5. The second-order valence-electron chi connectivity index (χ2n) is 23.3. The highest BCUT2D eigenvalue weighted by Crippen LogP contribution is 2.17. The standard InChI is InChI=1S/C54H106N14O8.4C2HF3O2/c55-36-22-21-29-43(56)50(73)63-39-25-15-19-32-46(69)61-37-23-13-9-5-1-3-7-11-17-34-48(71)67-44(30-27-41-65-53(57)58)51(74)64-40-26-16-20-33-47(70)62-38-24-14-10-6-2-4-8-12-18-35-49(72)68-45(52(75)76)31-28-42-66-54(59)60;4*3-2(4,5)1(6)7/h43-45H,1-42,55-56H2,(H,61,69)(H,62,70)(H,63,73)(H,64,74)(H,67,71)(H,68,72)(H,75,76)(H4,57,58,65)(H4,59,60,66);4*(H,6,7)/t43-,44-,45-;;;;/m0..../s1. The van der Waals surface area contributed by atoms with Crippen molar-refractivity contribution in [3.63, 3.8) is 0 Å². The number of nitrogens with two attached hydrogens (primary N) is 6. The molecule has 0 saturated carbocycles. The number of alkyl halides is 12. The summed E-state index contributed by atoms with van der Waals surface area (Å²) in [6.07, 6.45) is 8.35. The van der Waals surface area contributed by atoms with Gasteiger partial charge in [-0.15, -0.1) is 0 Å². The average Bonchev–Trinajstić information content (AvgIpc) is 0.946. The number of hydrogen-bond donors (Lipinski definition) is 17. The van der Waals surface area contributed by atoms with Crippen LogP contribution in [0.1, 0.15) is 225 Å². The monoisotopic (exact) mass is 1530 g/mol. The fraction of sp³-hybridized carbons (Fsp3) is 0.790. The van der Waals surface area contributed by atoms with Crippen LogP contribution in [0.2, 0.25) is 0 Å². The van der Waals surface area contributed by atoms with Crippen molar-refractivity contribution in [2.24, 2.45) is 44.4 Å². The zero-order valence-corrected chi connectivity index (χ0v) is 58.6. The van der Waals surface area contributed by atoms with Crippen LogP contribution >= 0.6 is 0 Å². The first-order valence-electron chi connectivity index (χ1n) is 34.1. The summed E-state index contributed by atoms with van der Waals surface area (Å²) in [7, 11) is 0. The van der Waals surface area contributed by atoms with Crippen molar-refractivity contribution in [3.05, 3.63) is 0 Å². The minimum atomic E-state index is -5.08. The van der Waals surface area contributed by atoms with Gasteiger partial charge in [0.15, 0.2) is 11.9 Å². The zero-order valence-electron chi connectivity index (χ0n) is 58.6. The number of carbonyl (C=O) groups is 11. The number of rotatable bonds is 53. The maximum atomic E-state index is 13.1. The average molecular weight is 1540 g/mol. The summed E-state index contributed by atoms with van der Waals surface area (Å²) in [5, 5.41) is 55.2. The number of nitrogens with one attached hydrogen (secondary N) is 6. The first kappa shape index (κ1) is 104. The molecule has 30 nitrogen and oxygen atoms in total. The van der Waals surface area contributed by atoms with Gasteiger partial charge in [0.2, 0.25) is 35.4 Å². The van der Waals surface area contributed by atoms with Crippen molar-refractivity contribution in [1.29, 1.82) is 0 Å². The van der Waals surface area contributed by atoms with Gasteiger partial charge in [-0.3, -0.25) is 38.8 Å². The first-order chi connectivity index (χ1) is 48.4. The first-order valence-corrected chi connectivity index (χ1v) is 34.1. The van der Waals surface area contributed by atoms with Gasteiger partial charge >= 0.3 is 54.6 Å². The molecule has 608 valence electrons. The fourth-order valence-electron chi connectivity index (χ4n) is 8.49. The number of carbonyl (C=O) groups excluding carboxylic acids is 6. The third-order valence-electron chi connectivity index (χ3n) is 14.0. The molecule has 23 N–H and O–H groups in total. The Morgan fingerprint density at radius 2 is 0.567 bits per heavy atom. The van der Waals surface area contributed by atoms with Gasteiger partial charge in [0, 0.05) is 65.0 Å². The minimum absolute atomic E-state index is 0.0170. The smallest absolute Gasteiger partial charge is 0.480 e. The van der Waals surface area contributed by atoms with Crippen molar-refractivity contribution < 1.29 is 131 Å². The van der Waals surface area contributed by atoms with E-state index in [2.05, 4.69) is 41.9 Å². The molecule has 0 heterocycles. The summed E-state index contributed by atoms with van der Waals surface area (Å²) < 4.78 is 127. The Morgan fingerprint density at radius 1 is 0.317 bits per heavy atom. The van der Waals surface area contributed by atoms with Gasteiger partial charge in [0.25, 0.3) is 0 Å². The predicted molar refractivity (Wildman–Crippen MR) is 358 cm³/mol. The van der Waals surface area contributed by atoms with Crippen LogP contribution in [0.25, 0.3) is 0 Å². The van der Waals surface area contributed by atoms with Crippen LogP contribution in [0.5, 0.6) is 0 Å². The van der Waals surface area contributed by atoms with E-state index in [0.29, 0.717) is 97.2 Å². The number of guanidine groups is 2. The maximum absolute atomic E-state index is 13.1. The molecule has 0 aliphatic carbocycles. The van der Waals surface area contributed by atoms with Crippen molar-refractivity contribution in [2.75, 3.05) is 45.8 Å². The molecule has 3 atom stereocenters. The Hall–Kier alpha value is -8.21. The predicted octanol–water partition coefficient (Wildman–Crippen LogP) is 6.52. The van der Waals surface area contributed by atoms with Gasteiger partial charge in [-0.25, -0.2) is 24.0 Å². The Kier molecular flexibility index (Phi) is 64.7. The second kappa shape index (κ2) is 64.4. The van der Waals surface area contributed by atoms with Crippen LogP contribution in [0.15, 0.2) is 9.98 Å². The van der Waals surface area contributed by atoms with Crippen molar-refractivity contribution in [2.45, 2.75) is 268 Å². The summed E-state index contributed by atoms with van der Waals surface area (Å²) in [4.78, 5) is 130. The van der Waals surface area contributed by atoms with E-state index in [-0.39, 0.29) is 53.8 Å². The highest BCUT2D eigenvalue weighted by molar-refractivity contribution is 5.88. The molecule has 0 aromatic heterocycles. The van der Waals surface area contributed by atoms with E-state index in [1.807, 2.05) is 0 Å². The van der Waals surface area contributed by atoms with Crippen molar-refractivity contribution >= 4 is 77.2 Å². The number of nitrogens with zero attached hydrogens (tertiary/aromatic N) is 2. The number of carboxylic acids is 5. The quantitative estimate of drug-likeness (QED) is 0.0133. The van der Waals surface area contributed by atoms with E-state index in [1.54, 1.807) is 0 Å². The molecule has 0 rings (SSSR count). The third-order valence-corrected chi connectivity index (χ3v) is 14.0. The number of carboxylic acid groups (broad SMARTS) is 5. The molecule has 0 fully saturated rings. The topological polar surface area (TPSA) is 542 Å². The van der Waals surface area contributed by atoms with E-state index in [9.17, 15) is 91.4 Å². The Bertz CT molecular complexity index is 2370. The highest BCUT2D eigenvalue weighted by atomic mass is 19.4. The van der Waals surface area contributed by atoms with Gasteiger partial charge in [-0.1, -0.05) is 109 Å². The molecule has 0 radical (unpaired) electrons. The number of halogens is 12. The molecule has 42 heteroatoms. The van der Waals surface area contributed by atoms with Crippen LogP contribution in [-0.4, -0.2) is 191 Å². The molecule has 0 aliphatic heterocycles. The maximum Gasteiger partial charge on any atom is 0.490 e. The Balaban J connectivity index is -0.000000966. The number of unbranched alkanes of at least 4 members (excludes halogenated alkanes) is 21. The molecule has 0 bridgehead atoms. The largest absolute Gasteiger partial charge is 0.490 e. The van der Waals surface area contributed by atoms with Crippen LogP contribution in [0.4, 0.5) is 52.7 Å². The van der Waals surface area contributed by atoms with Gasteiger partial charge in [-0.2, -0.15) is 52.7 Å². The Labute approximate surface area is 596 Å². The second-order valence-corrected chi connectivity index (χ2v) is 23.3. The third kappa shape index (κ3) is 76.4. The molecule has 0 aromatic rings. The lowest BCUT2D eigenvalue weighted by atomic mass is 10.1. The molecule has 0 aliphatic rings. The summed E-state index contributed by atoms with van der Waals surface area (Å²) >= 11 is 0. The normalized spacial score (nSPS) is 11.9. The molecule has 0 spiro atoms. The molecular formula is C62H110F12N14O16. The lowest BCUT2D eigenvalue weighted by Gasteiger charge is -2.18. The Morgan fingerprint density at radius 3 is 0.856 bits per heavy atom. The molecular weight excluding hydrogens is 1420 g/mol. The van der Waals surface area contributed by atoms with Gasteiger partial charge in [0.05, 0.1) is 6.04 Å². The van der Waals surface area contributed by atoms with E-state index in [1.165, 1.54) is 0 Å². The van der Waals surface area contributed by atoms with Gasteiger partial charge in [0.1, 0.15) is 12.1 Å². The lowest BCUT2D eigenvalue weighted by molar-refractivity contribution is -0.193. The zero-order chi connectivity index (χ0) is 80.6. The summed E-state index contributed by atoms with van der Waals surface area (Å²) in [6, 6.07) is -2.11. The van der Waals surface area contributed by atoms with E-state index >= 15 is 0 Å². The summed E-state index contributed by atoms with van der Waals surface area (Å²) in [5.74, 6) is -12.8. The van der Waals surface area contributed by atoms with Gasteiger partial charge < -0.3 is 91.8 Å². The molecule has 0 unspecified atom stereocenters. The van der Waals surface area contributed by atoms with E-state index in [0.717, 1.165) is 167 Å². The molecule has 104 heavy (non-hydrogen) atoms. The van der Waals surface area contributed by atoms with Crippen LogP contribution in [0.3, 0.4) is 0 Å².